The van der Waals surface area contributed by atoms with Crippen LogP contribution in [0.2, 0.25) is 0 Å². The molecule has 1 aliphatic heterocycles. The van der Waals surface area contributed by atoms with Crippen molar-refractivity contribution in [1.82, 2.24) is 4.31 Å². The predicted octanol–water partition coefficient (Wildman–Crippen LogP) is -1.96. The van der Waals surface area contributed by atoms with Crippen molar-refractivity contribution in [3.8, 4) is 0 Å². The summed E-state index contributed by atoms with van der Waals surface area (Å²) >= 11 is 0. The van der Waals surface area contributed by atoms with Crippen LogP contribution in [0.4, 0.5) is 0 Å². The number of nitrogens with two attached hydrogens (primary N) is 1. The second-order valence-corrected chi connectivity index (χ2v) is 4.45. The van der Waals surface area contributed by atoms with Gasteiger partial charge in [0, 0.05) is 19.5 Å². The minimum Gasteiger partial charge on any atom is -0.392 e. The van der Waals surface area contributed by atoms with Crippen molar-refractivity contribution < 1.29 is 18.6 Å². The smallest absolute Gasteiger partial charge is 0.277 e. The van der Waals surface area contributed by atoms with Gasteiger partial charge in [-0.05, 0) is 0 Å². The Hall–Kier alpha value is 0.0800. The Morgan fingerprint density at radius 1 is 1.23 bits per heavy atom. The molecule has 0 spiro atoms. The summed E-state index contributed by atoms with van der Waals surface area (Å²) in [6.07, 6.45) is -1.45. The molecule has 0 bridgehead atoms. The van der Waals surface area contributed by atoms with Crippen molar-refractivity contribution in [2.45, 2.75) is 18.6 Å². The molecule has 0 aromatic carbocycles. The fraction of sp³-hybridized carbons (Fsp3) is 1.00. The second-order valence-electron chi connectivity index (χ2n) is 2.91. The lowest BCUT2D eigenvalue weighted by atomic mass is 10.1. The molecule has 1 rings (SSSR count). The van der Waals surface area contributed by atoms with E-state index in [1.807, 2.05) is 0 Å². The van der Waals surface area contributed by atoms with E-state index in [1.165, 1.54) is 0 Å². The number of piperidine rings is 1. The zero-order valence-corrected chi connectivity index (χ0v) is 8.46. The van der Waals surface area contributed by atoms with Crippen LogP contribution in [-0.2, 0) is 10.2 Å². The summed E-state index contributed by atoms with van der Waals surface area (Å²) in [6, 6.07) is 0. The number of β-amino-alcohol motifs (C(OH)–C–C–N with tert-alkyl or cyclic N) is 2. The van der Waals surface area contributed by atoms with E-state index in [4.69, 9.17) is 15.4 Å². The topological polar surface area (TPSA) is 104 Å². The third-order valence-electron chi connectivity index (χ3n) is 1.73. The maximum absolute atomic E-state index is 10.8. The molecule has 1 fully saturated rings. The number of hydrogen-bond acceptors (Lipinski definition) is 4. The van der Waals surface area contributed by atoms with E-state index in [2.05, 4.69) is 0 Å². The first-order chi connectivity index (χ1) is 5.39. The van der Waals surface area contributed by atoms with Crippen LogP contribution >= 0.6 is 12.4 Å². The summed E-state index contributed by atoms with van der Waals surface area (Å²) in [7, 11) is -3.78. The number of aliphatic hydroxyl groups excluding tert-OH is 2. The Kier molecular flexibility index (Phi) is 4.56. The third kappa shape index (κ3) is 3.75. The van der Waals surface area contributed by atoms with Crippen LogP contribution in [0.5, 0.6) is 0 Å². The largest absolute Gasteiger partial charge is 0.392 e. The zero-order valence-electron chi connectivity index (χ0n) is 6.83. The first-order valence-electron chi connectivity index (χ1n) is 3.53. The van der Waals surface area contributed by atoms with Crippen molar-refractivity contribution in [1.29, 1.82) is 0 Å². The molecule has 0 aliphatic carbocycles. The molecule has 6 nitrogen and oxygen atoms in total. The average Bonchev–Trinajstić information content (AvgIpc) is 1.82. The van der Waals surface area contributed by atoms with E-state index in [9.17, 15) is 8.42 Å². The molecule has 1 saturated heterocycles. The average molecular weight is 233 g/mol. The van der Waals surface area contributed by atoms with Gasteiger partial charge in [-0.15, -0.1) is 12.4 Å². The Labute approximate surface area is 82.9 Å². The molecule has 0 radical (unpaired) electrons. The molecule has 4 N–H and O–H groups in total. The zero-order chi connectivity index (χ0) is 9.35. The van der Waals surface area contributed by atoms with Gasteiger partial charge >= 0.3 is 0 Å². The van der Waals surface area contributed by atoms with Crippen molar-refractivity contribution in [2.75, 3.05) is 13.1 Å². The van der Waals surface area contributed by atoms with Crippen LogP contribution in [-0.4, -0.2) is 48.2 Å². The van der Waals surface area contributed by atoms with E-state index in [1.54, 1.807) is 0 Å². The lowest BCUT2D eigenvalue weighted by Crippen LogP contribution is -2.50. The van der Waals surface area contributed by atoms with E-state index in [0.29, 0.717) is 0 Å². The van der Waals surface area contributed by atoms with Gasteiger partial charge in [0.15, 0.2) is 0 Å². The van der Waals surface area contributed by atoms with Crippen molar-refractivity contribution in [3.63, 3.8) is 0 Å². The second kappa shape index (κ2) is 4.54. The summed E-state index contributed by atoms with van der Waals surface area (Å²) in [5.41, 5.74) is 0. The summed E-state index contributed by atoms with van der Waals surface area (Å²) in [4.78, 5) is 0. The number of halogens is 1. The summed E-state index contributed by atoms with van der Waals surface area (Å²) in [6.45, 7) is -0.0637. The number of rotatable bonds is 1. The normalized spacial score (nSPS) is 31.0. The quantitative estimate of drug-likeness (QED) is 0.488. The fourth-order valence-corrected chi connectivity index (χ4v) is 1.98. The lowest BCUT2D eigenvalue weighted by Gasteiger charge is -2.30. The molecular weight excluding hydrogens is 220 g/mol. The molecule has 1 aliphatic rings. The SMILES string of the molecule is Cl.NS(=O)(=O)N1C[C@H](O)C[C@H](O)C1. The highest BCUT2D eigenvalue weighted by atomic mass is 35.5. The molecule has 8 heteroatoms. The van der Waals surface area contributed by atoms with Gasteiger partial charge in [0.2, 0.25) is 0 Å². The van der Waals surface area contributed by atoms with Gasteiger partial charge < -0.3 is 10.2 Å². The highest BCUT2D eigenvalue weighted by molar-refractivity contribution is 7.86. The van der Waals surface area contributed by atoms with E-state index in [-0.39, 0.29) is 31.9 Å². The molecule has 80 valence electrons. The van der Waals surface area contributed by atoms with Gasteiger partial charge in [0.05, 0.1) is 12.2 Å². The lowest BCUT2D eigenvalue weighted by molar-refractivity contribution is 0.0213. The van der Waals surface area contributed by atoms with Gasteiger partial charge in [-0.2, -0.15) is 12.7 Å². The van der Waals surface area contributed by atoms with Crippen LogP contribution in [0.25, 0.3) is 0 Å². The van der Waals surface area contributed by atoms with Gasteiger partial charge in [-0.1, -0.05) is 0 Å². The molecule has 0 aromatic rings. The Morgan fingerprint density at radius 2 is 1.62 bits per heavy atom. The van der Waals surface area contributed by atoms with Crippen LogP contribution < -0.4 is 5.14 Å². The van der Waals surface area contributed by atoms with Crippen LogP contribution in [0, 0.1) is 0 Å². The van der Waals surface area contributed by atoms with Crippen LogP contribution in [0.1, 0.15) is 6.42 Å². The first kappa shape index (κ1) is 13.1. The summed E-state index contributed by atoms with van der Waals surface area (Å²) in [5, 5.41) is 23.0. The summed E-state index contributed by atoms with van der Waals surface area (Å²) < 4.78 is 22.4. The molecule has 0 amide bonds. The van der Waals surface area contributed by atoms with Crippen molar-refractivity contribution >= 4 is 22.6 Å². The third-order valence-corrected chi connectivity index (χ3v) is 2.75. The molecular formula is C5H13ClN2O4S. The Morgan fingerprint density at radius 3 is 1.92 bits per heavy atom. The van der Waals surface area contributed by atoms with E-state index < -0.39 is 22.4 Å². The molecule has 13 heavy (non-hydrogen) atoms. The van der Waals surface area contributed by atoms with Crippen molar-refractivity contribution in [3.05, 3.63) is 0 Å². The highest BCUT2D eigenvalue weighted by Crippen LogP contribution is 2.12. The monoisotopic (exact) mass is 232 g/mol. The maximum Gasteiger partial charge on any atom is 0.277 e. The van der Waals surface area contributed by atoms with Crippen LogP contribution in [0.15, 0.2) is 0 Å². The van der Waals surface area contributed by atoms with Crippen LogP contribution in [0.3, 0.4) is 0 Å². The van der Waals surface area contributed by atoms with E-state index in [0.717, 1.165) is 4.31 Å². The standard InChI is InChI=1S/C5H12N2O4S.ClH/c6-12(10,11)7-2-4(8)1-5(9)3-7;/h4-5,8-9H,1-3H2,(H2,6,10,11);1H/t4-,5+;. The van der Waals surface area contributed by atoms with Gasteiger partial charge in [-0.25, -0.2) is 5.14 Å². The first-order valence-corrected chi connectivity index (χ1v) is 5.04. The van der Waals surface area contributed by atoms with Gasteiger partial charge in [0.25, 0.3) is 10.2 Å². The number of aliphatic hydroxyl groups is 2. The van der Waals surface area contributed by atoms with Gasteiger partial charge in [-0.3, -0.25) is 0 Å². The number of nitrogens with zero attached hydrogens (tertiary/aromatic N) is 1. The van der Waals surface area contributed by atoms with E-state index >= 15 is 0 Å². The number of hydrogen-bond donors (Lipinski definition) is 3. The van der Waals surface area contributed by atoms with Gasteiger partial charge in [0.1, 0.15) is 0 Å². The minimum atomic E-state index is -3.78. The minimum absolute atomic E-state index is 0. The molecule has 0 aromatic heterocycles. The Bertz CT molecular complexity index is 247. The predicted molar refractivity (Wildman–Crippen MR) is 48.6 cm³/mol. The molecule has 0 unspecified atom stereocenters. The highest BCUT2D eigenvalue weighted by Gasteiger charge is 2.29. The molecule has 2 atom stereocenters. The molecule has 0 saturated carbocycles. The summed E-state index contributed by atoms with van der Waals surface area (Å²) in [5.74, 6) is 0. The Balaban J connectivity index is 0.00000144. The molecule has 1 heterocycles. The maximum atomic E-state index is 10.8. The fourth-order valence-electron chi connectivity index (χ4n) is 1.22. The van der Waals surface area contributed by atoms with Crippen molar-refractivity contribution in [2.24, 2.45) is 5.14 Å².